The normalized spacial score (nSPS) is 23.5. The van der Waals surface area contributed by atoms with Crippen molar-refractivity contribution in [2.75, 3.05) is 6.54 Å². The number of halogens is 2. The van der Waals surface area contributed by atoms with Crippen LogP contribution < -0.4 is 5.32 Å². The van der Waals surface area contributed by atoms with Crippen LogP contribution in [0.2, 0.25) is 10.0 Å². The van der Waals surface area contributed by atoms with Crippen molar-refractivity contribution in [3.63, 3.8) is 0 Å². The Kier molecular flexibility index (Phi) is 3.78. The van der Waals surface area contributed by atoms with Gasteiger partial charge in [-0.3, -0.25) is 0 Å². The molecule has 1 aromatic rings. The third-order valence-corrected chi connectivity index (χ3v) is 3.75. The lowest BCUT2D eigenvalue weighted by molar-refractivity contribution is 0.417. The summed E-state index contributed by atoms with van der Waals surface area (Å²) in [5.74, 6) is 0.595. The minimum atomic E-state index is 0.389. The van der Waals surface area contributed by atoms with Crippen molar-refractivity contribution in [2.24, 2.45) is 5.92 Å². The molecule has 1 aliphatic carbocycles. The van der Waals surface area contributed by atoms with Crippen LogP contribution >= 0.6 is 23.2 Å². The minimum Gasteiger partial charge on any atom is -0.310 e. The largest absolute Gasteiger partial charge is 0.310 e. The smallest absolute Gasteiger partial charge is 0.0471 e. The molecule has 0 saturated heterocycles. The monoisotopic (exact) mass is 257 g/mol. The van der Waals surface area contributed by atoms with E-state index >= 15 is 0 Å². The van der Waals surface area contributed by atoms with Gasteiger partial charge in [-0.1, -0.05) is 37.0 Å². The van der Waals surface area contributed by atoms with Crippen molar-refractivity contribution in [1.82, 2.24) is 5.32 Å². The Morgan fingerprint density at radius 2 is 2.12 bits per heavy atom. The van der Waals surface area contributed by atoms with E-state index in [0.717, 1.165) is 29.4 Å². The molecule has 2 rings (SSSR count). The summed E-state index contributed by atoms with van der Waals surface area (Å²) in [6, 6.07) is 4.28. The maximum absolute atomic E-state index is 6.29. The Hall–Kier alpha value is -0.240. The van der Waals surface area contributed by atoms with Crippen molar-refractivity contribution >= 4 is 23.2 Å². The van der Waals surface area contributed by atoms with Crippen LogP contribution in [0, 0.1) is 5.92 Å². The third kappa shape index (κ3) is 2.22. The van der Waals surface area contributed by atoms with E-state index in [9.17, 15) is 0 Å². The van der Waals surface area contributed by atoms with E-state index in [1.807, 2.05) is 12.1 Å². The highest BCUT2D eigenvalue weighted by atomic mass is 35.5. The molecular formula is C13H17Cl2N. The van der Waals surface area contributed by atoms with Gasteiger partial charge in [-0.2, -0.15) is 0 Å². The average molecular weight is 258 g/mol. The zero-order chi connectivity index (χ0) is 11.7. The number of benzene rings is 1. The van der Waals surface area contributed by atoms with Crippen molar-refractivity contribution < 1.29 is 0 Å². The fourth-order valence-corrected chi connectivity index (χ4v) is 3.16. The topological polar surface area (TPSA) is 12.0 Å². The van der Waals surface area contributed by atoms with Crippen LogP contribution in [0.1, 0.15) is 37.4 Å². The van der Waals surface area contributed by atoms with Crippen LogP contribution in [0.25, 0.3) is 0 Å². The van der Waals surface area contributed by atoms with Crippen LogP contribution in [0.5, 0.6) is 0 Å². The molecule has 0 amide bonds. The molecule has 1 aliphatic rings. The van der Waals surface area contributed by atoms with Crippen LogP contribution in [-0.4, -0.2) is 6.54 Å². The molecule has 0 radical (unpaired) electrons. The molecule has 1 aromatic carbocycles. The molecule has 2 unspecified atom stereocenters. The quantitative estimate of drug-likeness (QED) is 0.855. The molecule has 1 nitrogen and oxygen atoms in total. The molecule has 0 spiro atoms. The zero-order valence-electron chi connectivity index (χ0n) is 9.69. The van der Waals surface area contributed by atoms with Gasteiger partial charge >= 0.3 is 0 Å². The van der Waals surface area contributed by atoms with Crippen molar-refractivity contribution in [1.29, 1.82) is 0 Å². The first kappa shape index (κ1) is 12.2. The summed E-state index contributed by atoms with van der Waals surface area (Å²) in [6.45, 7) is 5.47. The summed E-state index contributed by atoms with van der Waals surface area (Å²) >= 11 is 12.3. The highest BCUT2D eigenvalue weighted by Gasteiger charge is 2.31. The Bertz CT molecular complexity index is 390. The second kappa shape index (κ2) is 4.95. The van der Waals surface area contributed by atoms with Crippen LogP contribution in [0.4, 0.5) is 0 Å². The van der Waals surface area contributed by atoms with Crippen molar-refractivity contribution in [3.8, 4) is 0 Å². The first-order valence-corrected chi connectivity index (χ1v) is 6.60. The molecule has 0 fully saturated rings. The van der Waals surface area contributed by atoms with Gasteiger partial charge in [0.05, 0.1) is 0 Å². The zero-order valence-corrected chi connectivity index (χ0v) is 11.2. The van der Waals surface area contributed by atoms with Gasteiger partial charge in [0.2, 0.25) is 0 Å². The minimum absolute atomic E-state index is 0.389. The first-order chi connectivity index (χ1) is 7.63. The van der Waals surface area contributed by atoms with Gasteiger partial charge in [-0.05, 0) is 48.6 Å². The molecule has 0 aliphatic heterocycles. The van der Waals surface area contributed by atoms with Gasteiger partial charge in [0.1, 0.15) is 0 Å². The van der Waals surface area contributed by atoms with E-state index in [4.69, 9.17) is 23.2 Å². The van der Waals surface area contributed by atoms with Crippen LogP contribution in [0.3, 0.4) is 0 Å². The van der Waals surface area contributed by atoms with E-state index < -0.39 is 0 Å². The second-order valence-electron chi connectivity index (χ2n) is 4.57. The fourth-order valence-electron chi connectivity index (χ4n) is 2.51. The van der Waals surface area contributed by atoms with Gasteiger partial charge in [0, 0.05) is 16.1 Å². The number of rotatable bonds is 3. The maximum atomic E-state index is 6.29. The van der Waals surface area contributed by atoms with E-state index in [0.29, 0.717) is 12.0 Å². The van der Waals surface area contributed by atoms with E-state index in [-0.39, 0.29) is 0 Å². The molecule has 2 atom stereocenters. The van der Waals surface area contributed by atoms with E-state index in [1.165, 1.54) is 11.1 Å². The predicted molar refractivity (Wildman–Crippen MR) is 70.4 cm³/mol. The number of nitrogens with one attached hydrogen (secondary N) is 1. The third-order valence-electron chi connectivity index (χ3n) is 3.22. The van der Waals surface area contributed by atoms with E-state index in [2.05, 4.69) is 19.2 Å². The Balaban J connectivity index is 2.32. The molecule has 0 heterocycles. The summed E-state index contributed by atoms with van der Waals surface area (Å²) in [5.41, 5.74) is 2.56. The fraction of sp³-hybridized carbons (Fsp3) is 0.538. The van der Waals surface area contributed by atoms with Crippen LogP contribution in [-0.2, 0) is 6.42 Å². The molecule has 3 heteroatoms. The Morgan fingerprint density at radius 3 is 2.81 bits per heavy atom. The molecular weight excluding hydrogens is 241 g/mol. The standard InChI is InChI=1S/C13H17Cl2N/c1-3-4-16-13-8(2)5-9-6-10(14)7-11(15)12(9)13/h6-8,13,16H,3-5H2,1-2H3. The van der Waals surface area contributed by atoms with Gasteiger partial charge in [-0.15, -0.1) is 0 Å². The van der Waals surface area contributed by atoms with Gasteiger partial charge < -0.3 is 5.32 Å². The summed E-state index contributed by atoms with van der Waals surface area (Å²) < 4.78 is 0. The summed E-state index contributed by atoms with van der Waals surface area (Å²) in [7, 11) is 0. The molecule has 0 aromatic heterocycles. The molecule has 16 heavy (non-hydrogen) atoms. The molecule has 0 saturated carbocycles. The highest BCUT2D eigenvalue weighted by molar-refractivity contribution is 6.35. The Labute approximate surface area is 107 Å². The van der Waals surface area contributed by atoms with Gasteiger partial charge in [0.15, 0.2) is 0 Å². The van der Waals surface area contributed by atoms with Crippen molar-refractivity contribution in [3.05, 3.63) is 33.3 Å². The van der Waals surface area contributed by atoms with Crippen molar-refractivity contribution in [2.45, 2.75) is 32.7 Å². The lowest BCUT2D eigenvalue weighted by Crippen LogP contribution is -2.24. The SMILES string of the molecule is CCCNC1c2c(Cl)cc(Cl)cc2CC1C. The molecule has 1 N–H and O–H groups in total. The number of hydrogen-bond acceptors (Lipinski definition) is 1. The maximum Gasteiger partial charge on any atom is 0.0471 e. The molecule has 0 bridgehead atoms. The predicted octanol–water partition coefficient (Wildman–Crippen LogP) is 4.23. The average Bonchev–Trinajstić information content (AvgIpc) is 2.51. The number of fused-ring (bicyclic) bond motifs is 1. The summed E-state index contributed by atoms with van der Waals surface area (Å²) in [4.78, 5) is 0. The molecule has 88 valence electrons. The van der Waals surface area contributed by atoms with Gasteiger partial charge in [-0.25, -0.2) is 0 Å². The van der Waals surface area contributed by atoms with Crippen LogP contribution in [0.15, 0.2) is 12.1 Å². The van der Waals surface area contributed by atoms with E-state index in [1.54, 1.807) is 0 Å². The summed E-state index contributed by atoms with van der Waals surface area (Å²) in [5, 5.41) is 5.12. The Morgan fingerprint density at radius 1 is 1.38 bits per heavy atom. The summed E-state index contributed by atoms with van der Waals surface area (Å²) in [6.07, 6.45) is 2.21. The first-order valence-electron chi connectivity index (χ1n) is 5.84. The highest BCUT2D eigenvalue weighted by Crippen LogP contribution is 2.41. The second-order valence-corrected chi connectivity index (χ2v) is 5.42. The lowest BCUT2D eigenvalue weighted by atomic mass is 10.0. The number of hydrogen-bond donors (Lipinski definition) is 1. The van der Waals surface area contributed by atoms with Gasteiger partial charge in [0.25, 0.3) is 0 Å². The lowest BCUT2D eigenvalue weighted by Gasteiger charge is -2.19.